The number of aromatic nitrogens is 2. The molecule has 2 aromatic rings. The van der Waals surface area contributed by atoms with Crippen LogP contribution in [0.5, 0.6) is 5.75 Å². The lowest BCUT2D eigenvalue weighted by Gasteiger charge is -2.11. The molecule has 16 heavy (non-hydrogen) atoms. The predicted molar refractivity (Wildman–Crippen MR) is 63.9 cm³/mol. The van der Waals surface area contributed by atoms with Crippen LogP contribution in [0, 0.1) is 0 Å². The predicted octanol–water partition coefficient (Wildman–Crippen LogP) is 2.13. The maximum atomic E-state index is 5.69. The van der Waals surface area contributed by atoms with Gasteiger partial charge in [-0.25, -0.2) is 0 Å². The van der Waals surface area contributed by atoms with E-state index in [4.69, 9.17) is 10.5 Å². The monoisotopic (exact) mass is 218 g/mol. The fraction of sp³-hybridized carbons (Fsp3) is 0.182. The van der Waals surface area contributed by atoms with Gasteiger partial charge in [0.25, 0.3) is 0 Å². The minimum atomic E-state index is 0.506. The van der Waals surface area contributed by atoms with Crippen molar-refractivity contribution in [2.75, 3.05) is 17.7 Å². The highest BCUT2D eigenvalue weighted by Gasteiger charge is 2.05. The van der Waals surface area contributed by atoms with E-state index in [1.807, 2.05) is 31.2 Å². The number of benzene rings is 1. The number of para-hydroxylation sites is 2. The Labute approximate surface area is 93.6 Å². The first-order chi connectivity index (χ1) is 7.81. The lowest BCUT2D eigenvalue weighted by atomic mass is 10.3. The zero-order valence-corrected chi connectivity index (χ0v) is 9.03. The first-order valence-corrected chi connectivity index (χ1v) is 5.09. The summed E-state index contributed by atoms with van der Waals surface area (Å²) in [4.78, 5) is 0. The number of anilines is 3. The third kappa shape index (κ3) is 2.08. The third-order valence-electron chi connectivity index (χ3n) is 2.13. The first kappa shape index (κ1) is 10.4. The molecule has 0 saturated carbocycles. The van der Waals surface area contributed by atoms with E-state index in [0.717, 1.165) is 17.1 Å². The van der Waals surface area contributed by atoms with Gasteiger partial charge in [-0.15, -0.1) is 0 Å². The molecular formula is C11H14N4O. The van der Waals surface area contributed by atoms with Crippen molar-refractivity contribution in [2.24, 2.45) is 0 Å². The standard InChI is InChI=1S/C11H14N4O/c1-2-16-10-6-4-3-5-8(10)14-9-7-13-15-11(9)12/h3-7,14H,2H2,1H3,(H3,12,13,15). The highest BCUT2D eigenvalue weighted by Crippen LogP contribution is 2.28. The molecule has 0 radical (unpaired) electrons. The Morgan fingerprint density at radius 3 is 2.88 bits per heavy atom. The summed E-state index contributed by atoms with van der Waals surface area (Å²) < 4.78 is 5.49. The first-order valence-electron chi connectivity index (χ1n) is 5.09. The maximum Gasteiger partial charge on any atom is 0.143 e. The van der Waals surface area contributed by atoms with Gasteiger partial charge in [0.1, 0.15) is 17.3 Å². The minimum Gasteiger partial charge on any atom is -0.492 e. The number of nitrogens with one attached hydrogen (secondary N) is 2. The van der Waals surface area contributed by atoms with Crippen LogP contribution in [-0.4, -0.2) is 16.8 Å². The Kier molecular flexibility index (Phi) is 2.95. The van der Waals surface area contributed by atoms with Gasteiger partial charge in [0.2, 0.25) is 0 Å². The molecule has 1 aromatic carbocycles. The largest absolute Gasteiger partial charge is 0.492 e. The van der Waals surface area contributed by atoms with Gasteiger partial charge in [-0.2, -0.15) is 5.10 Å². The summed E-state index contributed by atoms with van der Waals surface area (Å²) in [7, 11) is 0. The maximum absolute atomic E-state index is 5.69. The van der Waals surface area contributed by atoms with E-state index in [2.05, 4.69) is 15.5 Å². The molecule has 0 amide bonds. The van der Waals surface area contributed by atoms with Crippen LogP contribution in [0.3, 0.4) is 0 Å². The lowest BCUT2D eigenvalue weighted by Crippen LogP contribution is -1.98. The SMILES string of the molecule is CCOc1ccccc1Nc1cn[nH]c1N. The average molecular weight is 218 g/mol. The molecule has 84 valence electrons. The molecule has 0 aliphatic heterocycles. The highest BCUT2D eigenvalue weighted by molar-refractivity contribution is 5.72. The van der Waals surface area contributed by atoms with Crippen molar-refractivity contribution >= 4 is 17.2 Å². The highest BCUT2D eigenvalue weighted by atomic mass is 16.5. The number of nitrogens with zero attached hydrogens (tertiary/aromatic N) is 1. The second-order valence-corrected chi connectivity index (χ2v) is 3.25. The lowest BCUT2D eigenvalue weighted by molar-refractivity contribution is 0.342. The number of nitrogens with two attached hydrogens (primary N) is 1. The molecule has 0 bridgehead atoms. The van der Waals surface area contributed by atoms with Crippen molar-refractivity contribution < 1.29 is 4.74 Å². The minimum absolute atomic E-state index is 0.506. The normalized spacial score (nSPS) is 10.1. The number of ether oxygens (including phenoxy) is 1. The van der Waals surface area contributed by atoms with Crippen molar-refractivity contribution in [3.8, 4) is 5.75 Å². The van der Waals surface area contributed by atoms with Gasteiger partial charge in [0.05, 0.1) is 18.5 Å². The molecule has 2 rings (SSSR count). The number of hydrogen-bond donors (Lipinski definition) is 3. The van der Waals surface area contributed by atoms with Crippen molar-refractivity contribution in [3.05, 3.63) is 30.5 Å². The van der Waals surface area contributed by atoms with E-state index in [1.165, 1.54) is 0 Å². The van der Waals surface area contributed by atoms with Crippen LogP contribution in [0.4, 0.5) is 17.2 Å². The summed E-state index contributed by atoms with van der Waals surface area (Å²) in [5.41, 5.74) is 7.31. The molecule has 0 unspecified atom stereocenters. The van der Waals surface area contributed by atoms with Crippen LogP contribution in [0.1, 0.15) is 6.92 Å². The molecule has 1 heterocycles. The molecule has 0 atom stereocenters. The smallest absolute Gasteiger partial charge is 0.143 e. The van der Waals surface area contributed by atoms with Crippen LogP contribution in [0.2, 0.25) is 0 Å². The summed E-state index contributed by atoms with van der Waals surface area (Å²) in [6.07, 6.45) is 1.64. The summed E-state index contributed by atoms with van der Waals surface area (Å²) in [5.74, 6) is 1.30. The Balaban J connectivity index is 2.24. The Bertz CT molecular complexity index is 467. The summed E-state index contributed by atoms with van der Waals surface area (Å²) in [6, 6.07) is 7.69. The van der Waals surface area contributed by atoms with Crippen molar-refractivity contribution in [2.45, 2.75) is 6.92 Å². The molecule has 5 heteroatoms. The topological polar surface area (TPSA) is 76.0 Å². The Morgan fingerprint density at radius 2 is 2.19 bits per heavy atom. The number of aromatic amines is 1. The molecule has 0 aliphatic carbocycles. The zero-order chi connectivity index (χ0) is 11.4. The van der Waals surface area contributed by atoms with Crippen molar-refractivity contribution in [1.29, 1.82) is 0 Å². The van der Waals surface area contributed by atoms with Crippen LogP contribution >= 0.6 is 0 Å². The summed E-state index contributed by atoms with van der Waals surface area (Å²) in [6.45, 7) is 2.57. The summed E-state index contributed by atoms with van der Waals surface area (Å²) >= 11 is 0. The zero-order valence-electron chi connectivity index (χ0n) is 9.03. The number of rotatable bonds is 4. The van der Waals surface area contributed by atoms with E-state index in [9.17, 15) is 0 Å². The molecule has 0 saturated heterocycles. The van der Waals surface area contributed by atoms with Gasteiger partial charge in [-0.1, -0.05) is 12.1 Å². The van der Waals surface area contributed by atoms with Crippen LogP contribution < -0.4 is 15.8 Å². The quantitative estimate of drug-likeness (QED) is 0.734. The molecule has 4 N–H and O–H groups in total. The molecule has 0 spiro atoms. The molecule has 5 nitrogen and oxygen atoms in total. The molecule has 1 aromatic heterocycles. The Hall–Kier alpha value is -2.17. The van der Waals surface area contributed by atoms with E-state index >= 15 is 0 Å². The van der Waals surface area contributed by atoms with E-state index < -0.39 is 0 Å². The Morgan fingerprint density at radius 1 is 1.38 bits per heavy atom. The van der Waals surface area contributed by atoms with Crippen LogP contribution in [0.25, 0.3) is 0 Å². The van der Waals surface area contributed by atoms with Gasteiger partial charge >= 0.3 is 0 Å². The van der Waals surface area contributed by atoms with E-state index in [1.54, 1.807) is 6.20 Å². The summed E-state index contributed by atoms with van der Waals surface area (Å²) in [5, 5.41) is 9.67. The number of nitrogen functional groups attached to an aromatic ring is 1. The van der Waals surface area contributed by atoms with Crippen LogP contribution in [0.15, 0.2) is 30.5 Å². The van der Waals surface area contributed by atoms with Crippen molar-refractivity contribution in [3.63, 3.8) is 0 Å². The molecule has 0 fully saturated rings. The number of H-pyrrole nitrogens is 1. The van der Waals surface area contributed by atoms with Gasteiger partial charge in [-0.05, 0) is 19.1 Å². The van der Waals surface area contributed by atoms with Gasteiger partial charge in [-0.3, -0.25) is 5.10 Å². The van der Waals surface area contributed by atoms with Crippen molar-refractivity contribution in [1.82, 2.24) is 10.2 Å². The van der Waals surface area contributed by atoms with Crippen LogP contribution in [-0.2, 0) is 0 Å². The van der Waals surface area contributed by atoms with Gasteiger partial charge < -0.3 is 15.8 Å². The van der Waals surface area contributed by atoms with E-state index in [0.29, 0.717) is 12.4 Å². The number of hydrogen-bond acceptors (Lipinski definition) is 4. The fourth-order valence-corrected chi connectivity index (χ4v) is 1.39. The van der Waals surface area contributed by atoms with Gasteiger partial charge in [0.15, 0.2) is 0 Å². The fourth-order valence-electron chi connectivity index (χ4n) is 1.39. The van der Waals surface area contributed by atoms with Gasteiger partial charge in [0, 0.05) is 0 Å². The third-order valence-corrected chi connectivity index (χ3v) is 2.13. The second-order valence-electron chi connectivity index (χ2n) is 3.25. The average Bonchev–Trinajstić information content (AvgIpc) is 2.68. The second kappa shape index (κ2) is 4.57. The molecular weight excluding hydrogens is 204 g/mol. The van der Waals surface area contributed by atoms with E-state index in [-0.39, 0.29) is 0 Å². The molecule has 0 aliphatic rings.